The lowest BCUT2D eigenvalue weighted by atomic mass is 10.1. The minimum atomic E-state index is -3.86. The maximum absolute atomic E-state index is 12.8. The number of sulfonamides is 1. The SMILES string of the molecule is C=N/C=N\N(C)c1nc(-c2cc(S(=O)(=O)NCC3(C(N)=O)CC3)ccc2C)cnc1N. The minimum Gasteiger partial charge on any atom is -0.381 e. The molecule has 0 aliphatic heterocycles. The van der Waals surface area contributed by atoms with Crippen LogP contribution in [-0.2, 0) is 14.8 Å². The quantitative estimate of drug-likeness (QED) is 0.290. The van der Waals surface area contributed by atoms with Gasteiger partial charge < -0.3 is 11.5 Å². The molecule has 3 rings (SSSR count). The highest BCUT2D eigenvalue weighted by Crippen LogP contribution is 2.44. The van der Waals surface area contributed by atoms with E-state index >= 15 is 0 Å². The number of aromatic nitrogens is 2. The topological polar surface area (TPSA) is 169 Å². The van der Waals surface area contributed by atoms with Crippen LogP contribution in [0.15, 0.2) is 39.4 Å². The Morgan fingerprint density at radius 1 is 1.42 bits per heavy atom. The van der Waals surface area contributed by atoms with Crippen LogP contribution in [-0.4, -0.2) is 50.9 Å². The van der Waals surface area contributed by atoms with Gasteiger partial charge in [0.15, 0.2) is 11.6 Å². The van der Waals surface area contributed by atoms with E-state index in [2.05, 4.69) is 31.5 Å². The van der Waals surface area contributed by atoms with Crippen LogP contribution in [0.4, 0.5) is 11.6 Å². The fourth-order valence-corrected chi connectivity index (χ4v) is 4.10. The van der Waals surface area contributed by atoms with Gasteiger partial charge >= 0.3 is 0 Å². The number of anilines is 2. The number of hydrogen-bond acceptors (Lipinski definition) is 8. The van der Waals surface area contributed by atoms with Crippen LogP contribution in [0.25, 0.3) is 11.3 Å². The van der Waals surface area contributed by atoms with Gasteiger partial charge in [0.1, 0.15) is 6.34 Å². The van der Waals surface area contributed by atoms with E-state index in [0.717, 1.165) is 5.56 Å². The molecule has 1 fully saturated rings. The fourth-order valence-electron chi connectivity index (χ4n) is 2.95. The van der Waals surface area contributed by atoms with Crippen molar-refractivity contribution < 1.29 is 13.2 Å². The Bertz CT molecular complexity index is 1160. The molecule has 0 bridgehead atoms. The average molecular weight is 445 g/mol. The number of nitrogens with zero attached hydrogens (tertiary/aromatic N) is 5. The van der Waals surface area contributed by atoms with Crippen molar-refractivity contribution in [2.24, 2.45) is 21.2 Å². The highest BCUT2D eigenvalue weighted by molar-refractivity contribution is 7.89. The monoisotopic (exact) mass is 444 g/mol. The maximum atomic E-state index is 12.8. The van der Waals surface area contributed by atoms with E-state index in [1.165, 1.54) is 29.7 Å². The molecule has 1 aromatic heterocycles. The zero-order chi connectivity index (χ0) is 22.8. The number of amides is 1. The molecule has 1 aliphatic carbocycles. The number of nitrogen functional groups attached to an aromatic ring is 1. The van der Waals surface area contributed by atoms with Gasteiger partial charge in [0.25, 0.3) is 0 Å². The smallest absolute Gasteiger partial charge is 0.240 e. The zero-order valence-electron chi connectivity index (χ0n) is 17.2. The molecule has 1 aromatic carbocycles. The van der Waals surface area contributed by atoms with Crippen molar-refractivity contribution >= 4 is 40.6 Å². The van der Waals surface area contributed by atoms with Crippen LogP contribution in [0.1, 0.15) is 18.4 Å². The summed E-state index contributed by atoms with van der Waals surface area (Å²) < 4.78 is 28.1. The number of carbonyl (C=O) groups is 1. The molecule has 5 N–H and O–H groups in total. The molecule has 0 spiro atoms. The highest BCUT2D eigenvalue weighted by atomic mass is 32.2. The number of nitrogens with two attached hydrogens (primary N) is 2. The van der Waals surface area contributed by atoms with Crippen LogP contribution >= 0.6 is 0 Å². The molecule has 2 aromatic rings. The van der Waals surface area contributed by atoms with Crippen LogP contribution in [0, 0.1) is 12.3 Å². The Hall–Kier alpha value is -3.38. The summed E-state index contributed by atoms with van der Waals surface area (Å²) in [5, 5.41) is 5.39. The molecule has 1 amide bonds. The number of hydrogen-bond donors (Lipinski definition) is 3. The summed E-state index contributed by atoms with van der Waals surface area (Å²) >= 11 is 0. The second-order valence-electron chi connectivity index (χ2n) is 7.35. The Morgan fingerprint density at radius 3 is 2.74 bits per heavy atom. The second kappa shape index (κ2) is 8.40. The number of rotatable bonds is 9. The summed E-state index contributed by atoms with van der Waals surface area (Å²) in [7, 11) is -2.24. The third-order valence-corrected chi connectivity index (χ3v) is 6.57. The predicted octanol–water partition coefficient (Wildman–Crippen LogP) is 0.658. The number of aryl methyl sites for hydroxylation is 1. The first kappa shape index (κ1) is 22.3. The third-order valence-electron chi connectivity index (χ3n) is 5.17. The van der Waals surface area contributed by atoms with Crippen LogP contribution < -0.4 is 21.2 Å². The number of hydrazone groups is 1. The van der Waals surface area contributed by atoms with E-state index in [0.29, 0.717) is 24.1 Å². The second-order valence-corrected chi connectivity index (χ2v) is 9.11. The maximum Gasteiger partial charge on any atom is 0.240 e. The van der Waals surface area contributed by atoms with Crippen LogP contribution in [0.2, 0.25) is 0 Å². The van der Waals surface area contributed by atoms with Gasteiger partial charge in [-0.1, -0.05) is 6.07 Å². The summed E-state index contributed by atoms with van der Waals surface area (Å²) in [6.45, 7) is 5.12. The number of carbonyl (C=O) groups excluding carboxylic acids is 1. The van der Waals surface area contributed by atoms with Crippen molar-refractivity contribution in [3.8, 4) is 11.3 Å². The summed E-state index contributed by atoms with van der Waals surface area (Å²) in [6, 6.07) is 4.66. The first-order chi connectivity index (χ1) is 14.6. The molecular formula is C19H24N8O3S. The molecule has 1 saturated carbocycles. The molecule has 11 nitrogen and oxygen atoms in total. The van der Waals surface area contributed by atoms with E-state index in [-0.39, 0.29) is 23.1 Å². The number of benzene rings is 1. The predicted molar refractivity (Wildman–Crippen MR) is 119 cm³/mol. The summed E-state index contributed by atoms with van der Waals surface area (Å²) in [4.78, 5) is 23.8. The van der Waals surface area contributed by atoms with Crippen LogP contribution in [0.5, 0.6) is 0 Å². The molecular weight excluding hydrogens is 420 g/mol. The number of nitrogens with one attached hydrogen (secondary N) is 1. The van der Waals surface area contributed by atoms with Gasteiger partial charge in [-0.05, 0) is 44.2 Å². The van der Waals surface area contributed by atoms with Gasteiger partial charge in [-0.25, -0.2) is 28.1 Å². The highest BCUT2D eigenvalue weighted by Gasteiger charge is 2.48. The number of aliphatic imine (C=N–C) groups is 1. The molecule has 0 radical (unpaired) electrons. The fraction of sp³-hybridized carbons (Fsp3) is 0.316. The normalized spacial score (nSPS) is 15.0. The molecule has 0 atom stereocenters. The minimum absolute atomic E-state index is 0.0279. The Morgan fingerprint density at radius 2 is 2.13 bits per heavy atom. The van der Waals surface area contributed by atoms with Crippen molar-refractivity contribution in [2.75, 3.05) is 24.3 Å². The van der Waals surface area contributed by atoms with E-state index < -0.39 is 21.3 Å². The van der Waals surface area contributed by atoms with Gasteiger partial charge in [0.05, 0.1) is 22.2 Å². The lowest BCUT2D eigenvalue weighted by Gasteiger charge is -2.16. The lowest BCUT2D eigenvalue weighted by molar-refractivity contribution is -0.122. The van der Waals surface area contributed by atoms with E-state index in [1.54, 1.807) is 13.1 Å². The number of primary amides is 1. The summed E-state index contributed by atoms with van der Waals surface area (Å²) in [5.74, 6) is -0.0695. The zero-order valence-corrected chi connectivity index (χ0v) is 18.1. The molecule has 0 saturated heterocycles. The first-order valence-corrected chi connectivity index (χ1v) is 10.8. The average Bonchev–Trinajstić information content (AvgIpc) is 3.53. The summed E-state index contributed by atoms with van der Waals surface area (Å²) in [6.07, 6.45) is 3.84. The van der Waals surface area contributed by atoms with Gasteiger partial charge in [-0.2, -0.15) is 5.10 Å². The first-order valence-electron chi connectivity index (χ1n) is 9.35. The van der Waals surface area contributed by atoms with E-state index in [4.69, 9.17) is 11.5 Å². The van der Waals surface area contributed by atoms with Crippen molar-refractivity contribution in [3.05, 3.63) is 30.0 Å². The van der Waals surface area contributed by atoms with Gasteiger partial charge in [0, 0.05) is 19.2 Å². The van der Waals surface area contributed by atoms with Gasteiger partial charge in [-0.3, -0.25) is 9.79 Å². The van der Waals surface area contributed by atoms with Crippen molar-refractivity contribution in [2.45, 2.75) is 24.7 Å². The third kappa shape index (κ3) is 4.70. The van der Waals surface area contributed by atoms with E-state index in [9.17, 15) is 13.2 Å². The van der Waals surface area contributed by atoms with Crippen LogP contribution in [0.3, 0.4) is 0 Å². The Kier molecular flexibility index (Phi) is 6.04. The lowest BCUT2D eigenvalue weighted by Crippen LogP contribution is -2.37. The van der Waals surface area contributed by atoms with Crippen molar-refractivity contribution in [1.82, 2.24) is 14.7 Å². The molecule has 12 heteroatoms. The van der Waals surface area contributed by atoms with Gasteiger partial charge in [-0.15, -0.1) is 0 Å². The van der Waals surface area contributed by atoms with E-state index in [1.807, 2.05) is 6.92 Å². The Labute approximate surface area is 180 Å². The Balaban J connectivity index is 1.93. The molecule has 1 aliphatic rings. The largest absolute Gasteiger partial charge is 0.381 e. The molecule has 31 heavy (non-hydrogen) atoms. The summed E-state index contributed by atoms with van der Waals surface area (Å²) in [5.41, 5.74) is 12.3. The molecule has 0 unspecified atom stereocenters. The van der Waals surface area contributed by atoms with Crippen molar-refractivity contribution in [3.63, 3.8) is 0 Å². The molecule has 164 valence electrons. The molecule has 1 heterocycles. The van der Waals surface area contributed by atoms with Gasteiger partial charge in [0.2, 0.25) is 15.9 Å². The van der Waals surface area contributed by atoms with Crippen molar-refractivity contribution in [1.29, 1.82) is 0 Å². The standard InChI is InChI=1S/C19H24N8O3S/c1-12-4-5-13(31(29,30)25-10-19(6-7-19)18(21)28)8-14(12)15-9-23-16(20)17(26-15)27(3)24-11-22-2/h4-5,8-9,11,25H,2,6-7,10H2,1,3H3,(H2,20,23)(H2,21,28)/b24-11-.